The Kier molecular flexibility index (Phi) is 4.71. The highest BCUT2D eigenvalue weighted by Crippen LogP contribution is 2.38. The zero-order chi connectivity index (χ0) is 20.7. The number of fused-ring (bicyclic) bond motifs is 1. The minimum Gasteiger partial charge on any atom is -0.365 e. The molecule has 1 aliphatic heterocycles. The Bertz CT molecular complexity index is 1110. The van der Waals surface area contributed by atoms with E-state index in [0.717, 1.165) is 0 Å². The lowest BCUT2D eigenvalue weighted by Gasteiger charge is -2.35. The van der Waals surface area contributed by atoms with E-state index >= 15 is 0 Å². The smallest absolute Gasteiger partial charge is 0.315 e. The van der Waals surface area contributed by atoms with Gasteiger partial charge in [-0.15, -0.1) is 0 Å². The van der Waals surface area contributed by atoms with Gasteiger partial charge in [-0.05, 0) is 29.8 Å². The number of rotatable bonds is 3. The van der Waals surface area contributed by atoms with Crippen molar-refractivity contribution in [1.82, 2.24) is 14.7 Å². The maximum atomic E-state index is 13.8. The van der Waals surface area contributed by atoms with Crippen molar-refractivity contribution in [3.8, 4) is 11.3 Å². The molecule has 0 saturated heterocycles. The first-order valence-electron chi connectivity index (χ1n) is 8.85. The van der Waals surface area contributed by atoms with E-state index in [0.29, 0.717) is 28.4 Å². The molecule has 3 amide bonds. The quantitative estimate of drug-likeness (QED) is 0.689. The molecule has 1 unspecified atom stereocenters. The van der Waals surface area contributed by atoms with Gasteiger partial charge < -0.3 is 16.4 Å². The van der Waals surface area contributed by atoms with Crippen LogP contribution in [0.15, 0.2) is 48.5 Å². The predicted octanol–water partition coefficient (Wildman–Crippen LogP) is 2.93. The SMILES string of the molecule is NC(=O)c1c(-c2cccc(F)c2)nn2c1C(c1ccc(Cl)cc1)N(C(N)=O)CC2. The Balaban J connectivity index is 1.97. The zero-order valence-electron chi connectivity index (χ0n) is 15.2. The van der Waals surface area contributed by atoms with E-state index in [-0.39, 0.29) is 17.8 Å². The van der Waals surface area contributed by atoms with E-state index in [2.05, 4.69) is 5.10 Å². The fourth-order valence-corrected chi connectivity index (χ4v) is 3.83. The molecule has 4 N–H and O–H groups in total. The number of hydrogen-bond donors (Lipinski definition) is 2. The number of urea groups is 1. The molecule has 3 aromatic rings. The second-order valence-electron chi connectivity index (χ2n) is 6.69. The van der Waals surface area contributed by atoms with Crippen LogP contribution in [0.1, 0.15) is 27.7 Å². The average molecular weight is 414 g/mol. The van der Waals surface area contributed by atoms with Gasteiger partial charge in [0.1, 0.15) is 17.6 Å². The molecule has 4 rings (SSSR count). The number of benzene rings is 2. The third-order valence-electron chi connectivity index (χ3n) is 4.93. The van der Waals surface area contributed by atoms with Crippen LogP contribution >= 0.6 is 11.6 Å². The molecule has 1 aliphatic rings. The summed E-state index contributed by atoms with van der Waals surface area (Å²) in [5.41, 5.74) is 13.3. The topological polar surface area (TPSA) is 107 Å². The Morgan fingerprint density at radius 1 is 1.10 bits per heavy atom. The molecular formula is C20H17ClFN5O2. The molecular weight excluding hydrogens is 397 g/mol. The fourth-order valence-electron chi connectivity index (χ4n) is 3.70. The van der Waals surface area contributed by atoms with Crippen LogP contribution in [-0.2, 0) is 6.54 Å². The molecule has 0 saturated carbocycles. The lowest BCUT2D eigenvalue weighted by molar-refractivity contribution is 0.0995. The molecule has 2 heterocycles. The van der Waals surface area contributed by atoms with Crippen molar-refractivity contribution in [3.63, 3.8) is 0 Å². The van der Waals surface area contributed by atoms with Gasteiger partial charge in [-0.3, -0.25) is 9.48 Å². The van der Waals surface area contributed by atoms with E-state index in [1.165, 1.54) is 23.1 Å². The summed E-state index contributed by atoms with van der Waals surface area (Å²) in [6.07, 6.45) is 0. The standard InChI is InChI=1S/C20H17ClFN5O2/c21-13-6-4-11(5-7-13)17-18-15(19(23)28)16(12-2-1-3-14(22)10-12)25-27(18)9-8-26(17)20(24)29/h1-7,10,17H,8-9H2,(H2,23,28)(H2,24,29). The molecule has 2 aromatic carbocycles. The first-order chi connectivity index (χ1) is 13.9. The fraction of sp³-hybridized carbons (Fsp3) is 0.150. The minimum absolute atomic E-state index is 0.126. The van der Waals surface area contributed by atoms with Crippen LogP contribution in [0.3, 0.4) is 0 Å². The Labute approximate surface area is 170 Å². The number of aromatic nitrogens is 2. The van der Waals surface area contributed by atoms with E-state index in [9.17, 15) is 14.0 Å². The predicted molar refractivity (Wildman–Crippen MR) is 106 cm³/mol. The van der Waals surface area contributed by atoms with Crippen LogP contribution < -0.4 is 11.5 Å². The summed E-state index contributed by atoms with van der Waals surface area (Å²) in [5.74, 6) is -1.19. The van der Waals surface area contributed by atoms with Gasteiger partial charge in [0.15, 0.2) is 0 Å². The zero-order valence-corrected chi connectivity index (χ0v) is 15.9. The summed E-state index contributed by atoms with van der Waals surface area (Å²) < 4.78 is 15.4. The molecule has 29 heavy (non-hydrogen) atoms. The van der Waals surface area contributed by atoms with Crippen molar-refractivity contribution in [2.75, 3.05) is 6.54 Å². The van der Waals surface area contributed by atoms with Crippen LogP contribution in [0, 0.1) is 5.82 Å². The third kappa shape index (κ3) is 3.31. The number of carbonyl (C=O) groups is 2. The van der Waals surface area contributed by atoms with Crippen LogP contribution in [0.2, 0.25) is 5.02 Å². The molecule has 0 spiro atoms. The minimum atomic E-state index is -0.726. The summed E-state index contributed by atoms with van der Waals surface area (Å²) in [7, 11) is 0. The van der Waals surface area contributed by atoms with Gasteiger partial charge >= 0.3 is 6.03 Å². The summed E-state index contributed by atoms with van der Waals surface area (Å²) in [4.78, 5) is 26.0. The van der Waals surface area contributed by atoms with Crippen molar-refractivity contribution in [3.05, 3.63) is 76.2 Å². The molecule has 7 nitrogen and oxygen atoms in total. The summed E-state index contributed by atoms with van der Waals surface area (Å²) in [6.45, 7) is 0.607. The monoisotopic (exact) mass is 413 g/mol. The van der Waals surface area contributed by atoms with Crippen molar-refractivity contribution in [2.45, 2.75) is 12.6 Å². The molecule has 0 aliphatic carbocycles. The molecule has 1 aromatic heterocycles. The highest BCUT2D eigenvalue weighted by molar-refractivity contribution is 6.30. The number of halogens is 2. The van der Waals surface area contributed by atoms with Gasteiger partial charge in [0, 0.05) is 17.1 Å². The van der Waals surface area contributed by atoms with Crippen LogP contribution in [0.5, 0.6) is 0 Å². The van der Waals surface area contributed by atoms with Gasteiger partial charge in [-0.1, -0.05) is 35.9 Å². The lowest BCUT2D eigenvalue weighted by atomic mass is 9.94. The summed E-state index contributed by atoms with van der Waals surface area (Å²) in [5, 5.41) is 5.04. The maximum Gasteiger partial charge on any atom is 0.315 e. The number of nitrogens with two attached hydrogens (primary N) is 2. The van der Waals surface area contributed by atoms with E-state index < -0.39 is 23.8 Å². The van der Waals surface area contributed by atoms with Gasteiger partial charge in [-0.25, -0.2) is 9.18 Å². The average Bonchev–Trinajstić information content (AvgIpc) is 3.08. The van der Waals surface area contributed by atoms with E-state index in [1.54, 1.807) is 35.0 Å². The van der Waals surface area contributed by atoms with Gasteiger partial charge in [-0.2, -0.15) is 5.10 Å². The second kappa shape index (κ2) is 7.21. The van der Waals surface area contributed by atoms with Crippen molar-refractivity contribution in [1.29, 1.82) is 0 Å². The normalized spacial score (nSPS) is 15.8. The molecule has 148 valence electrons. The Morgan fingerprint density at radius 2 is 1.83 bits per heavy atom. The highest BCUT2D eigenvalue weighted by atomic mass is 35.5. The van der Waals surface area contributed by atoms with Crippen molar-refractivity contribution in [2.24, 2.45) is 11.5 Å². The Hall–Kier alpha value is -3.39. The summed E-state index contributed by atoms with van der Waals surface area (Å²) in [6, 6.07) is 11.3. The molecule has 0 fully saturated rings. The largest absolute Gasteiger partial charge is 0.365 e. The lowest BCUT2D eigenvalue weighted by Crippen LogP contribution is -2.46. The third-order valence-corrected chi connectivity index (χ3v) is 5.18. The molecule has 9 heteroatoms. The number of nitrogens with zero attached hydrogens (tertiary/aromatic N) is 3. The summed E-state index contributed by atoms with van der Waals surface area (Å²) >= 11 is 6.00. The van der Waals surface area contributed by atoms with Crippen LogP contribution in [-0.4, -0.2) is 33.2 Å². The first kappa shape index (κ1) is 18.9. The molecule has 0 radical (unpaired) electrons. The van der Waals surface area contributed by atoms with Gasteiger partial charge in [0.2, 0.25) is 0 Å². The number of carbonyl (C=O) groups excluding carboxylic acids is 2. The van der Waals surface area contributed by atoms with Gasteiger partial charge in [0.05, 0.1) is 17.8 Å². The molecule has 1 atom stereocenters. The molecule has 0 bridgehead atoms. The maximum absolute atomic E-state index is 13.8. The number of hydrogen-bond acceptors (Lipinski definition) is 3. The van der Waals surface area contributed by atoms with Crippen LogP contribution in [0.25, 0.3) is 11.3 Å². The van der Waals surface area contributed by atoms with Crippen molar-refractivity contribution < 1.29 is 14.0 Å². The van der Waals surface area contributed by atoms with E-state index in [1.807, 2.05) is 0 Å². The second-order valence-corrected chi connectivity index (χ2v) is 7.13. The number of amides is 3. The van der Waals surface area contributed by atoms with Gasteiger partial charge in [0.25, 0.3) is 5.91 Å². The first-order valence-corrected chi connectivity index (χ1v) is 9.22. The van der Waals surface area contributed by atoms with E-state index in [4.69, 9.17) is 23.1 Å². The number of primary amides is 2. The van der Waals surface area contributed by atoms with Crippen molar-refractivity contribution >= 4 is 23.5 Å². The highest BCUT2D eigenvalue weighted by Gasteiger charge is 2.37. The Morgan fingerprint density at radius 3 is 2.45 bits per heavy atom. The van der Waals surface area contributed by atoms with Crippen LogP contribution in [0.4, 0.5) is 9.18 Å².